The molecule has 0 aromatic carbocycles. The normalized spacial score (nSPS) is 18.4. The Labute approximate surface area is 88.2 Å². The van der Waals surface area contributed by atoms with Crippen molar-refractivity contribution in [2.45, 2.75) is 44.6 Å². The molecule has 0 radical (unpaired) electrons. The Morgan fingerprint density at radius 3 is 2.67 bits per heavy atom. The first kappa shape index (κ1) is 10.1. The minimum atomic E-state index is -0.178. The predicted molar refractivity (Wildman–Crippen MR) is 53.3 cm³/mol. The van der Waals surface area contributed by atoms with Crippen LogP contribution in [0.2, 0.25) is 0 Å². The zero-order valence-electron chi connectivity index (χ0n) is 8.61. The quantitative estimate of drug-likeness (QED) is 0.750. The van der Waals surface area contributed by atoms with Gasteiger partial charge in [-0.25, -0.2) is 4.63 Å². The monoisotopic (exact) mass is 209 g/mol. The molecule has 0 atom stereocenters. The number of amides is 1. The molecule has 1 aliphatic carbocycles. The fourth-order valence-electron chi connectivity index (χ4n) is 1.95. The second-order valence-electron chi connectivity index (χ2n) is 3.95. The molecule has 1 saturated carbocycles. The topological polar surface area (TPSA) is 68.0 Å². The third-order valence-electron chi connectivity index (χ3n) is 2.78. The Morgan fingerprint density at radius 1 is 1.33 bits per heavy atom. The molecular formula is C10H15N3O2. The van der Waals surface area contributed by atoms with Gasteiger partial charge in [-0.15, -0.1) is 0 Å². The maximum atomic E-state index is 11.6. The number of carbonyl (C=O) groups is 1. The van der Waals surface area contributed by atoms with E-state index in [-0.39, 0.29) is 17.6 Å². The first-order valence-corrected chi connectivity index (χ1v) is 5.44. The van der Waals surface area contributed by atoms with Crippen LogP contribution in [-0.2, 0) is 0 Å². The number of hydrogen-bond donors (Lipinski definition) is 1. The van der Waals surface area contributed by atoms with Crippen LogP contribution < -0.4 is 5.32 Å². The minimum Gasteiger partial charge on any atom is -0.348 e. The van der Waals surface area contributed by atoms with Gasteiger partial charge in [0.2, 0.25) is 0 Å². The molecule has 1 aliphatic rings. The van der Waals surface area contributed by atoms with E-state index in [0.717, 1.165) is 12.8 Å². The molecule has 15 heavy (non-hydrogen) atoms. The lowest BCUT2D eigenvalue weighted by Gasteiger charge is -2.14. The molecule has 1 aromatic rings. The van der Waals surface area contributed by atoms with Crippen molar-refractivity contribution in [3.05, 3.63) is 11.9 Å². The average Bonchev–Trinajstić information content (AvgIpc) is 2.65. The maximum Gasteiger partial charge on any atom is 0.275 e. The Kier molecular flexibility index (Phi) is 3.32. The lowest BCUT2D eigenvalue weighted by molar-refractivity contribution is 0.0923. The Hall–Kier alpha value is -1.39. The van der Waals surface area contributed by atoms with Crippen molar-refractivity contribution in [2.75, 3.05) is 0 Å². The maximum absolute atomic E-state index is 11.6. The van der Waals surface area contributed by atoms with Crippen LogP contribution in [0.25, 0.3) is 0 Å². The van der Waals surface area contributed by atoms with E-state index in [0.29, 0.717) is 0 Å². The van der Waals surface area contributed by atoms with Crippen molar-refractivity contribution in [1.29, 1.82) is 0 Å². The fraction of sp³-hybridized carbons (Fsp3) is 0.700. The number of hydrogen-bond acceptors (Lipinski definition) is 4. The highest BCUT2D eigenvalue weighted by Crippen LogP contribution is 2.17. The molecular weight excluding hydrogens is 194 g/mol. The van der Waals surface area contributed by atoms with Crippen LogP contribution in [0.5, 0.6) is 0 Å². The van der Waals surface area contributed by atoms with Crippen LogP contribution in [0.3, 0.4) is 0 Å². The highest BCUT2D eigenvalue weighted by molar-refractivity contribution is 5.91. The SMILES string of the molecule is O=C(NC1CCCCCC1)c1cnon1. The molecule has 1 fully saturated rings. The van der Waals surface area contributed by atoms with Crippen LogP contribution in [0.15, 0.2) is 10.8 Å². The molecule has 2 rings (SSSR count). The molecule has 0 saturated heterocycles. The second-order valence-corrected chi connectivity index (χ2v) is 3.95. The van der Waals surface area contributed by atoms with Gasteiger partial charge in [0.15, 0.2) is 5.69 Å². The molecule has 0 aliphatic heterocycles. The summed E-state index contributed by atoms with van der Waals surface area (Å²) in [5, 5.41) is 9.87. The first-order valence-electron chi connectivity index (χ1n) is 5.44. The van der Waals surface area contributed by atoms with Gasteiger partial charge in [0.1, 0.15) is 6.20 Å². The predicted octanol–water partition coefficient (Wildman–Crippen LogP) is 1.52. The molecule has 1 heterocycles. The molecule has 1 amide bonds. The Morgan fingerprint density at radius 2 is 2.07 bits per heavy atom. The van der Waals surface area contributed by atoms with E-state index >= 15 is 0 Å². The summed E-state index contributed by atoms with van der Waals surface area (Å²) in [7, 11) is 0. The molecule has 1 aromatic heterocycles. The molecule has 5 nitrogen and oxygen atoms in total. The van der Waals surface area contributed by atoms with Crippen molar-refractivity contribution in [1.82, 2.24) is 15.6 Å². The van der Waals surface area contributed by atoms with Crippen LogP contribution in [0.1, 0.15) is 49.0 Å². The van der Waals surface area contributed by atoms with Crippen LogP contribution in [0, 0.1) is 0 Å². The smallest absolute Gasteiger partial charge is 0.275 e. The first-order chi connectivity index (χ1) is 7.36. The molecule has 1 N–H and O–H groups in total. The Bertz CT molecular complexity index is 302. The van der Waals surface area contributed by atoms with Crippen molar-refractivity contribution in [3.8, 4) is 0 Å². The molecule has 0 bridgehead atoms. The van der Waals surface area contributed by atoms with E-state index in [4.69, 9.17) is 0 Å². The van der Waals surface area contributed by atoms with Crippen molar-refractivity contribution in [2.24, 2.45) is 0 Å². The van der Waals surface area contributed by atoms with E-state index in [1.54, 1.807) is 0 Å². The largest absolute Gasteiger partial charge is 0.348 e. The molecule has 0 unspecified atom stereocenters. The van der Waals surface area contributed by atoms with Gasteiger partial charge in [-0.3, -0.25) is 4.79 Å². The van der Waals surface area contributed by atoms with E-state index in [1.165, 1.54) is 31.9 Å². The van der Waals surface area contributed by atoms with Crippen LogP contribution in [-0.4, -0.2) is 22.3 Å². The number of aromatic nitrogens is 2. The van der Waals surface area contributed by atoms with Gasteiger partial charge in [-0.1, -0.05) is 30.8 Å². The average molecular weight is 209 g/mol. The van der Waals surface area contributed by atoms with Gasteiger partial charge in [0.05, 0.1) is 0 Å². The summed E-state index contributed by atoms with van der Waals surface area (Å²) >= 11 is 0. The summed E-state index contributed by atoms with van der Waals surface area (Å²) in [6.07, 6.45) is 8.42. The third kappa shape index (κ3) is 2.78. The molecule has 82 valence electrons. The fourth-order valence-corrected chi connectivity index (χ4v) is 1.95. The van der Waals surface area contributed by atoms with E-state index in [9.17, 15) is 4.79 Å². The lowest BCUT2D eigenvalue weighted by atomic mass is 10.1. The summed E-state index contributed by atoms with van der Waals surface area (Å²) in [5.74, 6) is -0.178. The highest BCUT2D eigenvalue weighted by Gasteiger charge is 2.17. The second kappa shape index (κ2) is 4.91. The van der Waals surface area contributed by atoms with Crippen molar-refractivity contribution >= 4 is 5.91 Å². The van der Waals surface area contributed by atoms with E-state index in [1.807, 2.05) is 0 Å². The van der Waals surface area contributed by atoms with Crippen molar-refractivity contribution in [3.63, 3.8) is 0 Å². The molecule has 5 heteroatoms. The number of carbonyl (C=O) groups excluding carboxylic acids is 1. The summed E-state index contributed by atoms with van der Waals surface area (Å²) in [6.45, 7) is 0. The van der Waals surface area contributed by atoms with Gasteiger partial charge < -0.3 is 5.32 Å². The summed E-state index contributed by atoms with van der Waals surface area (Å²) in [6, 6.07) is 0.289. The number of nitrogens with one attached hydrogen (secondary N) is 1. The third-order valence-corrected chi connectivity index (χ3v) is 2.78. The van der Waals surface area contributed by atoms with E-state index in [2.05, 4.69) is 20.3 Å². The standard InChI is InChI=1S/C10H15N3O2/c14-10(9-7-11-15-13-9)12-8-5-3-1-2-4-6-8/h7-8H,1-6H2,(H,12,14). The van der Waals surface area contributed by atoms with Gasteiger partial charge in [0, 0.05) is 6.04 Å². The minimum absolute atomic E-state index is 0.178. The summed E-state index contributed by atoms with van der Waals surface area (Å²) in [5.41, 5.74) is 0.263. The van der Waals surface area contributed by atoms with Crippen LogP contribution >= 0.6 is 0 Å². The van der Waals surface area contributed by atoms with Gasteiger partial charge >= 0.3 is 0 Å². The summed E-state index contributed by atoms with van der Waals surface area (Å²) < 4.78 is 4.39. The number of rotatable bonds is 2. The van der Waals surface area contributed by atoms with Gasteiger partial charge in [-0.2, -0.15) is 0 Å². The van der Waals surface area contributed by atoms with Crippen molar-refractivity contribution < 1.29 is 9.42 Å². The zero-order valence-corrected chi connectivity index (χ0v) is 8.61. The lowest BCUT2D eigenvalue weighted by Crippen LogP contribution is -2.34. The van der Waals surface area contributed by atoms with E-state index < -0.39 is 0 Å². The van der Waals surface area contributed by atoms with Gasteiger partial charge in [-0.05, 0) is 18.0 Å². The van der Waals surface area contributed by atoms with Crippen LogP contribution in [0.4, 0.5) is 0 Å². The highest BCUT2D eigenvalue weighted by atomic mass is 16.6. The summed E-state index contributed by atoms with van der Waals surface area (Å²) in [4.78, 5) is 11.6. The Balaban J connectivity index is 1.87. The number of nitrogens with zero attached hydrogens (tertiary/aromatic N) is 2. The molecule has 0 spiro atoms. The zero-order chi connectivity index (χ0) is 10.5. The van der Waals surface area contributed by atoms with Gasteiger partial charge in [0.25, 0.3) is 5.91 Å².